The molecule has 0 aliphatic rings. The van der Waals surface area contributed by atoms with Crippen LogP contribution in [-0.4, -0.2) is 4.57 Å². The van der Waals surface area contributed by atoms with Crippen molar-refractivity contribution in [1.29, 1.82) is 0 Å². The van der Waals surface area contributed by atoms with E-state index in [2.05, 4.69) is 42.3 Å². The lowest BCUT2D eigenvalue weighted by atomic mass is 10.0. The summed E-state index contributed by atoms with van der Waals surface area (Å²) in [5.74, 6) is 1.61. The second kappa shape index (κ2) is 28.7. The fraction of sp³-hybridized carbons (Fsp3) is 0.919. The Balaban J connectivity index is 2.12. The van der Waals surface area contributed by atoms with Crippen LogP contribution in [0.1, 0.15) is 206 Å². The first-order valence-electron chi connectivity index (χ1n) is 18.4. The molecular formula is C37H73N2+. The molecule has 0 fully saturated rings. The van der Waals surface area contributed by atoms with E-state index in [4.69, 9.17) is 0 Å². The van der Waals surface area contributed by atoms with Gasteiger partial charge in [-0.25, -0.2) is 9.13 Å². The predicted octanol–water partition coefficient (Wildman–Crippen LogP) is 12.3. The summed E-state index contributed by atoms with van der Waals surface area (Å²) < 4.78 is 5.21. The van der Waals surface area contributed by atoms with Crippen molar-refractivity contribution in [2.45, 2.75) is 220 Å². The number of nitrogens with zero attached hydrogens (tertiary/aromatic N) is 2. The SMILES string of the molecule is CCCCCCCCCCCCCCCCCCC[n+]1ccn(CCCCCC)c1CCCCCCCCC. The highest BCUT2D eigenvalue weighted by atomic mass is 15.1. The number of hydrogen-bond acceptors (Lipinski definition) is 0. The van der Waals surface area contributed by atoms with Crippen LogP contribution >= 0.6 is 0 Å². The van der Waals surface area contributed by atoms with Crippen LogP contribution in [-0.2, 0) is 19.5 Å². The Labute approximate surface area is 247 Å². The van der Waals surface area contributed by atoms with E-state index in [1.807, 2.05) is 0 Å². The van der Waals surface area contributed by atoms with Crippen LogP contribution in [0.25, 0.3) is 0 Å². The minimum atomic E-state index is 1.22. The van der Waals surface area contributed by atoms with Crippen LogP contribution in [0, 0.1) is 0 Å². The molecule has 1 aromatic heterocycles. The summed E-state index contributed by atoms with van der Waals surface area (Å²) in [6, 6.07) is 0. The van der Waals surface area contributed by atoms with Crippen molar-refractivity contribution in [3.8, 4) is 0 Å². The topological polar surface area (TPSA) is 8.81 Å². The molecule has 2 heteroatoms. The van der Waals surface area contributed by atoms with Gasteiger partial charge in [0.2, 0.25) is 0 Å². The van der Waals surface area contributed by atoms with E-state index in [1.54, 1.807) is 5.82 Å². The molecule has 0 spiro atoms. The van der Waals surface area contributed by atoms with E-state index in [-0.39, 0.29) is 0 Å². The van der Waals surface area contributed by atoms with Gasteiger partial charge in [0, 0.05) is 6.42 Å². The summed E-state index contributed by atoms with van der Waals surface area (Å²) in [7, 11) is 0. The Morgan fingerprint density at radius 3 is 1.23 bits per heavy atom. The van der Waals surface area contributed by atoms with Gasteiger partial charge < -0.3 is 0 Å². The zero-order valence-electron chi connectivity index (χ0n) is 27.5. The minimum Gasteiger partial charge on any atom is -0.234 e. The van der Waals surface area contributed by atoms with Crippen molar-refractivity contribution in [3.05, 3.63) is 18.2 Å². The number of imidazole rings is 1. The van der Waals surface area contributed by atoms with E-state index >= 15 is 0 Å². The molecule has 0 N–H and O–H groups in total. The normalized spacial score (nSPS) is 11.6. The number of rotatable bonds is 31. The monoisotopic (exact) mass is 546 g/mol. The van der Waals surface area contributed by atoms with Gasteiger partial charge in [-0.2, -0.15) is 0 Å². The highest BCUT2D eigenvalue weighted by Crippen LogP contribution is 2.15. The highest BCUT2D eigenvalue weighted by Gasteiger charge is 2.16. The number of aryl methyl sites for hydroxylation is 2. The zero-order chi connectivity index (χ0) is 28.1. The van der Waals surface area contributed by atoms with E-state index in [1.165, 1.54) is 199 Å². The summed E-state index contributed by atoms with van der Waals surface area (Å²) in [6.45, 7) is 9.38. The first-order valence-corrected chi connectivity index (χ1v) is 18.4. The van der Waals surface area contributed by atoms with Gasteiger partial charge in [0.05, 0.1) is 13.1 Å². The van der Waals surface area contributed by atoms with Crippen LogP contribution < -0.4 is 4.57 Å². The molecule has 0 aromatic carbocycles. The Hall–Kier alpha value is -0.790. The number of aromatic nitrogens is 2. The third kappa shape index (κ3) is 21.6. The fourth-order valence-corrected chi connectivity index (χ4v) is 6.15. The van der Waals surface area contributed by atoms with Crippen molar-refractivity contribution in [3.63, 3.8) is 0 Å². The van der Waals surface area contributed by atoms with Gasteiger partial charge in [0.15, 0.2) is 0 Å². The zero-order valence-corrected chi connectivity index (χ0v) is 27.5. The van der Waals surface area contributed by atoms with Crippen molar-refractivity contribution in [1.82, 2.24) is 4.57 Å². The van der Waals surface area contributed by atoms with Crippen LogP contribution in [0.4, 0.5) is 0 Å². The Kier molecular flexibility index (Phi) is 26.7. The van der Waals surface area contributed by atoms with Gasteiger partial charge in [-0.1, -0.05) is 168 Å². The van der Waals surface area contributed by atoms with Gasteiger partial charge in [-0.05, 0) is 32.1 Å². The summed E-state index contributed by atoms with van der Waals surface area (Å²) in [4.78, 5) is 0. The number of unbranched alkanes of at least 4 members (excludes halogenated alkanes) is 25. The third-order valence-electron chi connectivity index (χ3n) is 8.85. The molecular weight excluding hydrogens is 472 g/mol. The second-order valence-corrected chi connectivity index (χ2v) is 12.7. The van der Waals surface area contributed by atoms with Crippen LogP contribution in [0.3, 0.4) is 0 Å². The Morgan fingerprint density at radius 1 is 0.436 bits per heavy atom. The smallest absolute Gasteiger partial charge is 0.234 e. The third-order valence-corrected chi connectivity index (χ3v) is 8.85. The van der Waals surface area contributed by atoms with Crippen LogP contribution in [0.5, 0.6) is 0 Å². The maximum absolute atomic E-state index is 2.61. The Morgan fingerprint density at radius 2 is 0.795 bits per heavy atom. The van der Waals surface area contributed by atoms with Crippen LogP contribution in [0.2, 0.25) is 0 Å². The van der Waals surface area contributed by atoms with Gasteiger partial charge in [0.1, 0.15) is 12.4 Å². The molecule has 1 aromatic rings. The van der Waals surface area contributed by atoms with Crippen molar-refractivity contribution < 1.29 is 4.57 Å². The van der Waals surface area contributed by atoms with E-state index in [9.17, 15) is 0 Å². The molecule has 1 heterocycles. The lowest BCUT2D eigenvalue weighted by Gasteiger charge is -2.07. The molecule has 0 unspecified atom stereocenters. The molecule has 0 aliphatic heterocycles. The molecule has 0 amide bonds. The van der Waals surface area contributed by atoms with Crippen LogP contribution in [0.15, 0.2) is 12.4 Å². The Bertz CT molecular complexity index is 605. The van der Waals surface area contributed by atoms with Gasteiger partial charge in [-0.15, -0.1) is 0 Å². The molecule has 1 rings (SSSR count). The summed E-state index contributed by atoms with van der Waals surface area (Å²) in [5.41, 5.74) is 0. The highest BCUT2D eigenvalue weighted by molar-refractivity contribution is 4.84. The van der Waals surface area contributed by atoms with Crippen molar-refractivity contribution in [2.75, 3.05) is 0 Å². The van der Waals surface area contributed by atoms with Crippen molar-refractivity contribution in [2.24, 2.45) is 0 Å². The largest absolute Gasteiger partial charge is 0.256 e. The molecule has 0 saturated heterocycles. The first kappa shape index (κ1) is 36.2. The molecule has 2 nitrogen and oxygen atoms in total. The quantitative estimate of drug-likeness (QED) is 0.0648. The van der Waals surface area contributed by atoms with Gasteiger partial charge in [-0.3, -0.25) is 0 Å². The molecule has 0 bridgehead atoms. The van der Waals surface area contributed by atoms with Gasteiger partial charge >= 0.3 is 0 Å². The summed E-state index contributed by atoms with van der Waals surface area (Å²) >= 11 is 0. The molecule has 0 atom stereocenters. The van der Waals surface area contributed by atoms with E-state index in [0.717, 1.165) is 0 Å². The molecule has 39 heavy (non-hydrogen) atoms. The minimum absolute atomic E-state index is 1.22. The summed E-state index contributed by atoms with van der Waals surface area (Å²) in [6.07, 6.45) is 46.0. The van der Waals surface area contributed by atoms with E-state index < -0.39 is 0 Å². The second-order valence-electron chi connectivity index (χ2n) is 12.7. The summed E-state index contributed by atoms with van der Waals surface area (Å²) in [5, 5.41) is 0. The average molecular weight is 546 g/mol. The van der Waals surface area contributed by atoms with E-state index in [0.29, 0.717) is 0 Å². The lowest BCUT2D eigenvalue weighted by molar-refractivity contribution is -0.704. The molecule has 0 aliphatic carbocycles. The fourth-order valence-electron chi connectivity index (χ4n) is 6.15. The lowest BCUT2D eigenvalue weighted by Crippen LogP contribution is -2.37. The molecule has 230 valence electrons. The number of hydrogen-bond donors (Lipinski definition) is 0. The van der Waals surface area contributed by atoms with Gasteiger partial charge in [0.25, 0.3) is 5.82 Å². The maximum atomic E-state index is 2.61. The first-order chi connectivity index (χ1) is 19.3. The van der Waals surface area contributed by atoms with Crippen molar-refractivity contribution >= 4 is 0 Å². The maximum Gasteiger partial charge on any atom is 0.256 e. The standard InChI is InChI=1S/C37H73N2/c1-4-7-10-13-15-16-17-18-19-20-21-22-23-24-26-28-31-34-39-36-35-38(33-30-12-9-6-3)37(39)32-29-27-25-14-11-8-5-2/h35-36H,4-34H2,1-3H3/q+1. The molecule has 0 radical (unpaired) electrons. The molecule has 0 saturated carbocycles. The predicted molar refractivity (Wildman–Crippen MR) is 175 cm³/mol. The average Bonchev–Trinajstić information content (AvgIpc) is 3.33.